The predicted octanol–water partition coefficient (Wildman–Crippen LogP) is 5.23. The number of halogens is 6. The molecule has 0 radical (unpaired) electrons. The third-order valence-corrected chi connectivity index (χ3v) is 4.92. The molecule has 0 unspecified atom stereocenters. The quantitative estimate of drug-likeness (QED) is 0.380. The number of hydrogen-bond acceptors (Lipinski definition) is 6. The zero-order chi connectivity index (χ0) is 25.4. The highest BCUT2D eigenvalue weighted by Gasteiger charge is 2.39. The SMILES string of the molecule is C[C@@H](c1ccc(C(F)(F)F)cc1C(F)(F)F)n1cc(NC(=O)c2cc(-c3ncccn3)on2)cn1. The van der Waals surface area contributed by atoms with Crippen LogP contribution in [0.4, 0.5) is 32.0 Å². The highest BCUT2D eigenvalue weighted by Crippen LogP contribution is 2.39. The van der Waals surface area contributed by atoms with Gasteiger partial charge >= 0.3 is 12.4 Å². The number of amides is 1. The number of benzene rings is 1. The van der Waals surface area contributed by atoms with Gasteiger partial charge in [0, 0.05) is 24.7 Å². The first kappa shape index (κ1) is 23.9. The van der Waals surface area contributed by atoms with E-state index < -0.39 is 41.0 Å². The van der Waals surface area contributed by atoms with Gasteiger partial charge in [-0.15, -0.1) is 0 Å². The summed E-state index contributed by atoms with van der Waals surface area (Å²) >= 11 is 0. The molecular weight excluding hydrogens is 482 g/mol. The lowest BCUT2D eigenvalue weighted by atomic mass is 9.98. The monoisotopic (exact) mass is 496 g/mol. The second-order valence-electron chi connectivity index (χ2n) is 7.29. The summed E-state index contributed by atoms with van der Waals surface area (Å²) in [4.78, 5) is 20.4. The van der Waals surface area contributed by atoms with Crippen LogP contribution in [0.5, 0.6) is 0 Å². The number of rotatable bonds is 5. The van der Waals surface area contributed by atoms with Crippen LogP contribution in [0, 0.1) is 0 Å². The van der Waals surface area contributed by atoms with E-state index in [1.807, 2.05) is 0 Å². The van der Waals surface area contributed by atoms with Crippen LogP contribution in [0.2, 0.25) is 0 Å². The minimum absolute atomic E-state index is 0.0661. The molecule has 35 heavy (non-hydrogen) atoms. The summed E-state index contributed by atoms with van der Waals surface area (Å²) in [7, 11) is 0. The van der Waals surface area contributed by atoms with Gasteiger partial charge in [0.15, 0.2) is 11.5 Å². The van der Waals surface area contributed by atoms with Crippen molar-refractivity contribution < 1.29 is 35.7 Å². The Balaban J connectivity index is 1.54. The highest BCUT2D eigenvalue weighted by molar-refractivity contribution is 6.03. The predicted molar refractivity (Wildman–Crippen MR) is 108 cm³/mol. The number of anilines is 1. The number of carbonyl (C=O) groups excluding carboxylic acids is 1. The van der Waals surface area contributed by atoms with Crippen LogP contribution in [0.3, 0.4) is 0 Å². The molecule has 0 saturated carbocycles. The molecule has 4 rings (SSSR count). The number of nitrogens with one attached hydrogen (secondary N) is 1. The Hall–Kier alpha value is -4.23. The Morgan fingerprint density at radius 2 is 1.77 bits per heavy atom. The van der Waals surface area contributed by atoms with Gasteiger partial charge in [0.05, 0.1) is 29.1 Å². The Bertz CT molecular complexity index is 1350. The lowest BCUT2D eigenvalue weighted by Crippen LogP contribution is -2.17. The van der Waals surface area contributed by atoms with Gasteiger partial charge in [-0.3, -0.25) is 9.48 Å². The Morgan fingerprint density at radius 1 is 1.06 bits per heavy atom. The van der Waals surface area contributed by atoms with Crippen molar-refractivity contribution in [3.05, 3.63) is 77.5 Å². The minimum Gasteiger partial charge on any atom is -0.352 e. The smallest absolute Gasteiger partial charge is 0.352 e. The molecule has 0 spiro atoms. The van der Waals surface area contributed by atoms with Crippen molar-refractivity contribution in [1.29, 1.82) is 0 Å². The van der Waals surface area contributed by atoms with Crippen LogP contribution in [-0.4, -0.2) is 30.8 Å². The maximum Gasteiger partial charge on any atom is 0.416 e. The molecule has 3 heterocycles. The fourth-order valence-corrected chi connectivity index (χ4v) is 3.21. The first-order chi connectivity index (χ1) is 16.4. The van der Waals surface area contributed by atoms with Crippen LogP contribution in [0.1, 0.15) is 40.1 Å². The van der Waals surface area contributed by atoms with Gasteiger partial charge < -0.3 is 9.84 Å². The van der Waals surface area contributed by atoms with Gasteiger partial charge in [0.2, 0.25) is 5.76 Å². The summed E-state index contributed by atoms with van der Waals surface area (Å²) in [5.74, 6) is -0.353. The lowest BCUT2D eigenvalue weighted by Gasteiger charge is -2.20. The van der Waals surface area contributed by atoms with Gasteiger partial charge in [-0.1, -0.05) is 11.2 Å². The van der Waals surface area contributed by atoms with Crippen molar-refractivity contribution in [2.24, 2.45) is 0 Å². The second kappa shape index (κ2) is 8.85. The van der Waals surface area contributed by atoms with Crippen molar-refractivity contribution in [2.75, 3.05) is 5.32 Å². The number of hydrogen-bond donors (Lipinski definition) is 1. The Kier molecular flexibility index (Phi) is 6.05. The number of nitrogens with zero attached hydrogens (tertiary/aromatic N) is 5. The van der Waals surface area contributed by atoms with E-state index in [-0.39, 0.29) is 29.0 Å². The Labute approximate surface area is 192 Å². The van der Waals surface area contributed by atoms with E-state index in [9.17, 15) is 31.1 Å². The van der Waals surface area contributed by atoms with Gasteiger partial charge in [-0.05, 0) is 30.7 Å². The average Bonchev–Trinajstić information content (AvgIpc) is 3.48. The lowest BCUT2D eigenvalue weighted by molar-refractivity contribution is -0.143. The fraction of sp³-hybridized carbons (Fsp3) is 0.190. The van der Waals surface area contributed by atoms with Gasteiger partial charge in [-0.25, -0.2) is 9.97 Å². The first-order valence-corrected chi connectivity index (χ1v) is 9.81. The fourth-order valence-electron chi connectivity index (χ4n) is 3.21. The van der Waals surface area contributed by atoms with Crippen molar-refractivity contribution in [2.45, 2.75) is 25.3 Å². The van der Waals surface area contributed by atoms with Crippen molar-refractivity contribution in [3.63, 3.8) is 0 Å². The average molecular weight is 496 g/mol. The molecule has 1 amide bonds. The maximum absolute atomic E-state index is 13.5. The molecule has 0 aliphatic carbocycles. The summed E-state index contributed by atoms with van der Waals surface area (Å²) in [6, 6.07) is 3.19. The molecule has 0 fully saturated rings. The van der Waals surface area contributed by atoms with E-state index >= 15 is 0 Å². The summed E-state index contributed by atoms with van der Waals surface area (Å²) < 4.78 is 85.4. The van der Waals surface area contributed by atoms with Crippen LogP contribution in [-0.2, 0) is 12.4 Å². The van der Waals surface area contributed by atoms with E-state index in [1.165, 1.54) is 37.8 Å². The minimum atomic E-state index is -5.03. The van der Waals surface area contributed by atoms with Crippen LogP contribution < -0.4 is 5.32 Å². The van der Waals surface area contributed by atoms with E-state index in [0.29, 0.717) is 6.07 Å². The van der Waals surface area contributed by atoms with Crippen molar-refractivity contribution in [3.8, 4) is 11.6 Å². The Morgan fingerprint density at radius 3 is 2.43 bits per heavy atom. The van der Waals surface area contributed by atoms with Gasteiger partial charge in [0.25, 0.3) is 5.91 Å². The third-order valence-electron chi connectivity index (χ3n) is 4.92. The van der Waals surface area contributed by atoms with Gasteiger partial charge in [0.1, 0.15) is 0 Å². The summed E-state index contributed by atoms with van der Waals surface area (Å²) in [5, 5.41) is 10.0. The van der Waals surface area contributed by atoms with E-state index in [4.69, 9.17) is 4.52 Å². The summed E-state index contributed by atoms with van der Waals surface area (Å²) in [6.45, 7) is 1.33. The molecule has 1 aromatic carbocycles. The zero-order valence-electron chi connectivity index (χ0n) is 17.6. The van der Waals surface area contributed by atoms with Crippen LogP contribution >= 0.6 is 0 Å². The number of alkyl halides is 6. The number of aromatic nitrogens is 5. The normalized spacial score (nSPS) is 13.0. The molecule has 0 bridgehead atoms. The molecule has 1 atom stereocenters. The number of carbonyl (C=O) groups is 1. The molecule has 3 aromatic heterocycles. The standard InChI is InChI=1S/C21H14F6N6O2/c1-11(14-4-3-12(20(22,23)24)7-15(14)21(25,26)27)33-10-13(9-30-33)31-19(34)16-8-17(35-32-16)18-28-5-2-6-29-18/h2-11H,1H3,(H,31,34)/t11-/m0/s1. The van der Waals surface area contributed by atoms with E-state index in [0.717, 1.165) is 10.7 Å². The third kappa shape index (κ3) is 5.15. The zero-order valence-corrected chi connectivity index (χ0v) is 17.6. The molecular formula is C21H14F6N6O2. The molecule has 4 aromatic rings. The highest BCUT2D eigenvalue weighted by atomic mass is 19.4. The molecule has 0 aliphatic rings. The van der Waals surface area contributed by atoms with Crippen molar-refractivity contribution >= 4 is 11.6 Å². The van der Waals surface area contributed by atoms with E-state index in [2.05, 4.69) is 25.5 Å². The topological polar surface area (TPSA) is 98.7 Å². The molecule has 14 heteroatoms. The molecule has 182 valence electrons. The summed E-state index contributed by atoms with van der Waals surface area (Å²) in [5.41, 5.74) is -3.27. The van der Waals surface area contributed by atoms with Crippen LogP contribution in [0.15, 0.2) is 59.6 Å². The first-order valence-electron chi connectivity index (χ1n) is 9.81. The van der Waals surface area contributed by atoms with Crippen molar-refractivity contribution in [1.82, 2.24) is 24.9 Å². The van der Waals surface area contributed by atoms with Gasteiger partial charge in [-0.2, -0.15) is 31.4 Å². The summed E-state index contributed by atoms with van der Waals surface area (Å²) in [6.07, 6.45) is -4.60. The molecule has 1 N–H and O–H groups in total. The van der Waals surface area contributed by atoms with E-state index in [1.54, 1.807) is 6.07 Å². The molecule has 0 saturated heterocycles. The van der Waals surface area contributed by atoms with Crippen LogP contribution in [0.25, 0.3) is 11.6 Å². The second-order valence-corrected chi connectivity index (χ2v) is 7.29. The maximum atomic E-state index is 13.5. The molecule has 0 aliphatic heterocycles. The molecule has 8 nitrogen and oxygen atoms in total. The largest absolute Gasteiger partial charge is 0.416 e.